The molecule has 1 aromatic rings. The third-order valence-electron chi connectivity index (χ3n) is 4.16. The van der Waals surface area contributed by atoms with Gasteiger partial charge < -0.3 is 4.79 Å². The molecule has 0 amide bonds. The van der Waals surface area contributed by atoms with Crippen LogP contribution in [0.1, 0.15) is 63.4 Å². The topological polar surface area (TPSA) is 60.2 Å². The van der Waals surface area contributed by atoms with Crippen LogP contribution in [-0.4, -0.2) is 17.8 Å². The van der Waals surface area contributed by atoms with Gasteiger partial charge in [-0.3, -0.25) is 10.1 Å². The van der Waals surface area contributed by atoms with E-state index in [2.05, 4.69) is 6.92 Å². The fourth-order valence-corrected chi connectivity index (χ4v) is 2.87. The minimum Gasteiger partial charge on any atom is -0.303 e. The summed E-state index contributed by atoms with van der Waals surface area (Å²) in [6.07, 6.45) is 8.61. The Balaban J connectivity index is 2.58. The van der Waals surface area contributed by atoms with E-state index in [1.807, 2.05) is 30.3 Å². The van der Waals surface area contributed by atoms with Crippen molar-refractivity contribution in [3.05, 3.63) is 46.0 Å². The fourth-order valence-electron chi connectivity index (χ4n) is 2.87. The number of carbonyl (C=O) groups excluding carboxylic acids is 1. The monoisotopic (exact) mass is 305 g/mol. The molecule has 0 aromatic heterocycles. The second-order valence-electron chi connectivity index (χ2n) is 5.89. The lowest BCUT2D eigenvalue weighted by molar-refractivity contribution is -0.484. The van der Waals surface area contributed by atoms with Crippen LogP contribution in [0.3, 0.4) is 0 Å². The first kappa shape index (κ1) is 18.3. The third kappa shape index (κ3) is 6.83. The van der Waals surface area contributed by atoms with E-state index in [0.717, 1.165) is 31.1 Å². The van der Waals surface area contributed by atoms with Crippen molar-refractivity contribution in [2.24, 2.45) is 5.92 Å². The minimum absolute atomic E-state index is 0.177. The van der Waals surface area contributed by atoms with Crippen LogP contribution >= 0.6 is 0 Å². The van der Waals surface area contributed by atoms with Gasteiger partial charge in [0.15, 0.2) is 0 Å². The first-order valence-electron chi connectivity index (χ1n) is 8.31. The van der Waals surface area contributed by atoms with E-state index in [1.54, 1.807) is 0 Å². The van der Waals surface area contributed by atoms with E-state index in [4.69, 9.17) is 0 Å². The molecule has 4 nitrogen and oxygen atoms in total. The molecule has 0 fully saturated rings. The molecule has 0 saturated carbocycles. The van der Waals surface area contributed by atoms with Crippen molar-refractivity contribution < 1.29 is 9.72 Å². The summed E-state index contributed by atoms with van der Waals surface area (Å²) >= 11 is 0. The Morgan fingerprint density at radius 2 is 1.73 bits per heavy atom. The second-order valence-corrected chi connectivity index (χ2v) is 5.89. The normalized spacial score (nSPS) is 13.5. The van der Waals surface area contributed by atoms with E-state index in [9.17, 15) is 14.9 Å². The van der Waals surface area contributed by atoms with E-state index >= 15 is 0 Å². The Labute approximate surface area is 133 Å². The summed E-state index contributed by atoms with van der Waals surface area (Å²) in [6, 6.07) is 9.39. The maximum absolute atomic E-state index is 11.4. The molecule has 0 heterocycles. The summed E-state index contributed by atoms with van der Waals surface area (Å²) in [7, 11) is 0. The molecule has 2 atom stereocenters. The SMILES string of the molecule is CCCCCCCC[C@H](C=O)[C@H](C[N+](=O)[O-])c1ccccc1. The lowest BCUT2D eigenvalue weighted by Crippen LogP contribution is -2.22. The van der Waals surface area contributed by atoms with Crippen molar-refractivity contribution in [1.29, 1.82) is 0 Å². The highest BCUT2D eigenvalue weighted by Gasteiger charge is 2.27. The zero-order valence-corrected chi connectivity index (χ0v) is 13.4. The molecular formula is C18H27NO3. The molecule has 1 aromatic carbocycles. The maximum Gasteiger partial charge on any atom is 0.211 e. The Morgan fingerprint density at radius 1 is 1.09 bits per heavy atom. The first-order valence-corrected chi connectivity index (χ1v) is 8.31. The second kappa shape index (κ2) is 10.9. The number of rotatable bonds is 12. The highest BCUT2D eigenvalue weighted by atomic mass is 16.6. The van der Waals surface area contributed by atoms with Gasteiger partial charge in [0.1, 0.15) is 6.29 Å². The molecule has 0 saturated heterocycles. The quantitative estimate of drug-likeness (QED) is 0.245. The number of unbranched alkanes of at least 4 members (excludes halogenated alkanes) is 5. The molecule has 4 heteroatoms. The van der Waals surface area contributed by atoms with Crippen LogP contribution in [0.15, 0.2) is 30.3 Å². The standard InChI is InChI=1S/C18H27NO3/c1-2-3-4-5-6-8-13-17(15-20)18(14-19(21)22)16-11-9-7-10-12-16/h7,9-12,15,17-18H,2-6,8,13-14H2,1H3/t17-,18-/m1/s1. The Morgan fingerprint density at radius 3 is 2.32 bits per heavy atom. The maximum atomic E-state index is 11.4. The number of nitro groups is 1. The molecule has 0 aliphatic carbocycles. The van der Waals surface area contributed by atoms with Crippen LogP contribution in [0.5, 0.6) is 0 Å². The average Bonchev–Trinajstić information content (AvgIpc) is 2.53. The highest BCUT2D eigenvalue weighted by Crippen LogP contribution is 2.28. The van der Waals surface area contributed by atoms with Gasteiger partial charge in [0.05, 0.1) is 5.92 Å². The number of nitrogens with zero attached hydrogens (tertiary/aromatic N) is 1. The van der Waals surface area contributed by atoms with Crippen molar-refractivity contribution in [2.45, 2.75) is 57.8 Å². The summed E-state index contributed by atoms with van der Waals surface area (Å²) in [5, 5.41) is 10.9. The van der Waals surface area contributed by atoms with Crippen molar-refractivity contribution in [3.8, 4) is 0 Å². The molecule has 0 bridgehead atoms. The van der Waals surface area contributed by atoms with Crippen LogP contribution in [0.2, 0.25) is 0 Å². The van der Waals surface area contributed by atoms with E-state index in [0.29, 0.717) is 0 Å². The summed E-state index contributed by atoms with van der Waals surface area (Å²) in [6.45, 7) is 2.01. The number of hydrogen-bond donors (Lipinski definition) is 0. The zero-order chi connectivity index (χ0) is 16.2. The summed E-state index contributed by atoms with van der Waals surface area (Å²) in [4.78, 5) is 22.1. The van der Waals surface area contributed by atoms with Crippen molar-refractivity contribution in [3.63, 3.8) is 0 Å². The minimum atomic E-state index is -0.315. The summed E-state index contributed by atoms with van der Waals surface area (Å²) in [5.41, 5.74) is 0.891. The van der Waals surface area contributed by atoms with Crippen LogP contribution in [0, 0.1) is 16.0 Å². The van der Waals surface area contributed by atoms with Gasteiger partial charge in [-0.05, 0) is 12.0 Å². The molecule has 0 spiro atoms. The molecule has 122 valence electrons. The average molecular weight is 305 g/mol. The van der Waals surface area contributed by atoms with Crippen LogP contribution < -0.4 is 0 Å². The predicted molar refractivity (Wildman–Crippen MR) is 88.6 cm³/mol. The van der Waals surface area contributed by atoms with Crippen molar-refractivity contribution in [1.82, 2.24) is 0 Å². The zero-order valence-electron chi connectivity index (χ0n) is 13.4. The largest absolute Gasteiger partial charge is 0.303 e. The smallest absolute Gasteiger partial charge is 0.211 e. The number of carbonyl (C=O) groups is 1. The summed E-state index contributed by atoms with van der Waals surface area (Å²) < 4.78 is 0. The molecule has 0 aliphatic heterocycles. The Kier molecular flexibility index (Phi) is 9.12. The fraction of sp³-hybridized carbons (Fsp3) is 0.611. The van der Waals surface area contributed by atoms with Gasteiger partial charge >= 0.3 is 0 Å². The molecule has 0 radical (unpaired) electrons. The van der Waals surface area contributed by atoms with Gasteiger partial charge in [-0.2, -0.15) is 0 Å². The first-order chi connectivity index (χ1) is 10.7. The van der Waals surface area contributed by atoms with E-state index in [-0.39, 0.29) is 23.3 Å². The van der Waals surface area contributed by atoms with Gasteiger partial charge in [0, 0.05) is 10.8 Å². The Bertz CT molecular complexity index is 433. The number of hydrogen-bond acceptors (Lipinski definition) is 3. The van der Waals surface area contributed by atoms with E-state index in [1.165, 1.54) is 25.7 Å². The lowest BCUT2D eigenvalue weighted by Gasteiger charge is -2.20. The Hall–Kier alpha value is -1.71. The predicted octanol–water partition coefficient (Wildman–Crippen LogP) is 4.61. The third-order valence-corrected chi connectivity index (χ3v) is 4.16. The van der Waals surface area contributed by atoms with Gasteiger partial charge in [-0.15, -0.1) is 0 Å². The molecule has 1 rings (SSSR count). The van der Waals surface area contributed by atoms with Crippen molar-refractivity contribution in [2.75, 3.05) is 6.54 Å². The summed E-state index contributed by atoms with van der Waals surface area (Å²) in [5.74, 6) is -0.580. The molecule has 0 aliphatic rings. The van der Waals surface area contributed by atoms with Gasteiger partial charge in [0.2, 0.25) is 6.54 Å². The van der Waals surface area contributed by atoms with Crippen LogP contribution in [-0.2, 0) is 4.79 Å². The molecular weight excluding hydrogens is 278 g/mol. The van der Waals surface area contributed by atoms with E-state index < -0.39 is 0 Å². The van der Waals surface area contributed by atoms with Gasteiger partial charge in [0.25, 0.3) is 0 Å². The molecule has 22 heavy (non-hydrogen) atoms. The highest BCUT2D eigenvalue weighted by molar-refractivity contribution is 5.56. The molecule has 0 N–H and O–H groups in total. The van der Waals surface area contributed by atoms with Gasteiger partial charge in [-0.1, -0.05) is 75.8 Å². The van der Waals surface area contributed by atoms with Crippen LogP contribution in [0.4, 0.5) is 0 Å². The van der Waals surface area contributed by atoms with Crippen molar-refractivity contribution >= 4 is 6.29 Å². The van der Waals surface area contributed by atoms with Crippen LogP contribution in [0.25, 0.3) is 0 Å². The molecule has 0 unspecified atom stereocenters. The number of aldehydes is 1. The van der Waals surface area contributed by atoms with Gasteiger partial charge in [-0.25, -0.2) is 0 Å². The number of benzene rings is 1. The lowest BCUT2D eigenvalue weighted by atomic mass is 9.83.